The molecule has 0 saturated carbocycles. The first-order valence-electron chi connectivity index (χ1n) is 6.65. The van der Waals surface area contributed by atoms with Gasteiger partial charge in [0.25, 0.3) is 5.91 Å². The highest BCUT2D eigenvalue weighted by molar-refractivity contribution is 7.13. The van der Waals surface area contributed by atoms with Crippen molar-refractivity contribution in [2.45, 2.75) is 6.92 Å². The van der Waals surface area contributed by atoms with Gasteiger partial charge in [-0.25, -0.2) is 15.0 Å². The van der Waals surface area contributed by atoms with Gasteiger partial charge in [-0.3, -0.25) is 15.1 Å². The van der Waals surface area contributed by atoms with Crippen molar-refractivity contribution < 1.29 is 9.53 Å². The normalized spacial score (nSPS) is 10.3. The highest BCUT2D eigenvalue weighted by atomic mass is 32.1. The van der Waals surface area contributed by atoms with E-state index in [0.717, 1.165) is 0 Å². The summed E-state index contributed by atoms with van der Waals surface area (Å²) in [6.45, 7) is 1.64. The van der Waals surface area contributed by atoms with Gasteiger partial charge in [0, 0.05) is 35.7 Å². The van der Waals surface area contributed by atoms with E-state index in [1.54, 1.807) is 36.2 Å². The number of hydrogen-bond donors (Lipinski definition) is 1. The van der Waals surface area contributed by atoms with E-state index in [1.807, 2.05) is 6.92 Å². The van der Waals surface area contributed by atoms with Gasteiger partial charge in [-0.05, 0) is 6.92 Å². The van der Waals surface area contributed by atoms with Crippen LogP contribution in [0, 0.1) is 6.92 Å². The summed E-state index contributed by atoms with van der Waals surface area (Å²) >= 11 is 1.34. The summed E-state index contributed by atoms with van der Waals surface area (Å²) in [6.07, 6.45) is 6.30. The number of anilines is 1. The number of carbonyl (C=O) groups excluding carboxylic acids is 1. The molecule has 23 heavy (non-hydrogen) atoms. The molecule has 0 radical (unpaired) electrons. The molecule has 9 heteroatoms. The summed E-state index contributed by atoms with van der Waals surface area (Å²) in [6, 6.07) is 1.65. The number of aryl methyl sites for hydroxylation is 1. The Labute approximate surface area is 135 Å². The molecule has 0 aliphatic heterocycles. The van der Waals surface area contributed by atoms with Gasteiger partial charge in [-0.2, -0.15) is 4.98 Å². The molecular formula is C14H12N6O2S. The Kier molecular flexibility index (Phi) is 4.48. The van der Waals surface area contributed by atoms with E-state index in [9.17, 15) is 4.79 Å². The fourth-order valence-corrected chi connectivity index (χ4v) is 2.27. The van der Waals surface area contributed by atoms with E-state index < -0.39 is 0 Å². The molecule has 0 saturated heterocycles. The van der Waals surface area contributed by atoms with Crippen LogP contribution in [0.15, 0.2) is 36.2 Å². The maximum absolute atomic E-state index is 11.8. The third-order valence-electron chi connectivity index (χ3n) is 2.65. The SMILES string of the molecule is Cc1cc(OCC(=O)Nc2nccs2)nc(-c2cnccn2)n1. The smallest absolute Gasteiger partial charge is 0.264 e. The molecule has 0 spiro atoms. The third-order valence-corrected chi connectivity index (χ3v) is 3.34. The fourth-order valence-electron chi connectivity index (χ4n) is 1.72. The van der Waals surface area contributed by atoms with Crippen molar-refractivity contribution in [3.8, 4) is 17.4 Å². The number of nitrogens with one attached hydrogen (secondary N) is 1. The van der Waals surface area contributed by atoms with E-state index in [2.05, 4.69) is 30.2 Å². The maximum atomic E-state index is 11.8. The van der Waals surface area contributed by atoms with Crippen molar-refractivity contribution in [3.63, 3.8) is 0 Å². The Hall–Kier alpha value is -2.94. The van der Waals surface area contributed by atoms with Gasteiger partial charge >= 0.3 is 0 Å². The number of carbonyl (C=O) groups is 1. The molecule has 3 rings (SSSR count). The highest BCUT2D eigenvalue weighted by Gasteiger charge is 2.10. The molecule has 3 heterocycles. The molecule has 0 unspecified atom stereocenters. The minimum absolute atomic E-state index is 0.171. The molecule has 0 atom stereocenters. The van der Waals surface area contributed by atoms with E-state index in [4.69, 9.17) is 4.74 Å². The van der Waals surface area contributed by atoms with Gasteiger partial charge in [0.05, 0.1) is 6.20 Å². The Morgan fingerprint density at radius 1 is 1.26 bits per heavy atom. The molecule has 0 aromatic carbocycles. The summed E-state index contributed by atoms with van der Waals surface area (Å²) in [5.74, 6) is 0.387. The van der Waals surface area contributed by atoms with Gasteiger partial charge in [0.15, 0.2) is 17.6 Å². The molecule has 116 valence electrons. The predicted molar refractivity (Wildman–Crippen MR) is 84.0 cm³/mol. The first-order valence-corrected chi connectivity index (χ1v) is 7.53. The van der Waals surface area contributed by atoms with Gasteiger partial charge in [0.1, 0.15) is 5.69 Å². The number of nitrogens with zero attached hydrogens (tertiary/aromatic N) is 5. The Balaban J connectivity index is 1.68. The largest absolute Gasteiger partial charge is 0.467 e. The number of thiazole rings is 1. The lowest BCUT2D eigenvalue weighted by atomic mass is 10.3. The van der Waals surface area contributed by atoms with Crippen LogP contribution in [-0.2, 0) is 4.79 Å². The number of ether oxygens (including phenoxy) is 1. The molecule has 3 aromatic rings. The lowest BCUT2D eigenvalue weighted by molar-refractivity contribution is -0.118. The molecule has 0 aliphatic rings. The van der Waals surface area contributed by atoms with Crippen LogP contribution in [0.4, 0.5) is 5.13 Å². The van der Waals surface area contributed by atoms with Crippen LogP contribution in [0.25, 0.3) is 11.5 Å². The fraction of sp³-hybridized carbons (Fsp3) is 0.143. The number of rotatable bonds is 5. The Morgan fingerprint density at radius 3 is 2.91 bits per heavy atom. The molecule has 1 N–H and O–H groups in total. The summed E-state index contributed by atoms with van der Waals surface area (Å²) in [5.41, 5.74) is 1.24. The number of amides is 1. The minimum atomic E-state index is -0.308. The van der Waals surface area contributed by atoms with Crippen molar-refractivity contribution in [3.05, 3.63) is 41.9 Å². The zero-order valence-electron chi connectivity index (χ0n) is 12.1. The van der Waals surface area contributed by atoms with Crippen molar-refractivity contribution in [1.29, 1.82) is 0 Å². The standard InChI is InChI=1S/C14H12N6O2S/c1-9-6-12(20-13(18-9)10-7-15-2-3-16-10)22-8-11(21)19-14-17-4-5-23-14/h2-7H,8H2,1H3,(H,17,19,21). The number of aromatic nitrogens is 5. The van der Waals surface area contributed by atoms with E-state index >= 15 is 0 Å². The van der Waals surface area contributed by atoms with Gasteiger partial charge < -0.3 is 4.74 Å². The average molecular weight is 328 g/mol. The number of hydrogen-bond acceptors (Lipinski definition) is 8. The van der Waals surface area contributed by atoms with Crippen molar-refractivity contribution >= 4 is 22.4 Å². The minimum Gasteiger partial charge on any atom is -0.467 e. The van der Waals surface area contributed by atoms with Gasteiger partial charge in [-0.15, -0.1) is 11.3 Å². The summed E-state index contributed by atoms with van der Waals surface area (Å²) in [4.78, 5) is 32.4. The molecule has 0 fully saturated rings. The topological polar surface area (TPSA) is 103 Å². The lowest BCUT2D eigenvalue weighted by Gasteiger charge is -2.07. The van der Waals surface area contributed by atoms with Crippen LogP contribution in [-0.4, -0.2) is 37.4 Å². The summed E-state index contributed by atoms with van der Waals surface area (Å²) in [5, 5.41) is 4.93. The molecular weight excluding hydrogens is 316 g/mol. The van der Waals surface area contributed by atoms with E-state index in [0.29, 0.717) is 28.2 Å². The van der Waals surface area contributed by atoms with Gasteiger partial charge in [0.2, 0.25) is 5.88 Å². The van der Waals surface area contributed by atoms with Crippen molar-refractivity contribution in [2.75, 3.05) is 11.9 Å². The molecule has 3 aromatic heterocycles. The van der Waals surface area contributed by atoms with Crippen LogP contribution < -0.4 is 10.1 Å². The molecule has 1 amide bonds. The van der Waals surface area contributed by atoms with Crippen LogP contribution in [0.3, 0.4) is 0 Å². The Morgan fingerprint density at radius 2 is 2.17 bits per heavy atom. The first-order chi connectivity index (χ1) is 11.2. The highest BCUT2D eigenvalue weighted by Crippen LogP contribution is 2.16. The second-order valence-corrected chi connectivity index (χ2v) is 5.33. The van der Waals surface area contributed by atoms with Crippen LogP contribution >= 0.6 is 11.3 Å². The quantitative estimate of drug-likeness (QED) is 0.760. The van der Waals surface area contributed by atoms with E-state index in [-0.39, 0.29) is 12.5 Å². The maximum Gasteiger partial charge on any atom is 0.264 e. The van der Waals surface area contributed by atoms with Gasteiger partial charge in [-0.1, -0.05) is 0 Å². The zero-order valence-corrected chi connectivity index (χ0v) is 12.9. The summed E-state index contributed by atoms with van der Waals surface area (Å²) in [7, 11) is 0. The average Bonchev–Trinajstić information content (AvgIpc) is 3.06. The van der Waals surface area contributed by atoms with Crippen molar-refractivity contribution in [1.82, 2.24) is 24.9 Å². The summed E-state index contributed by atoms with van der Waals surface area (Å²) < 4.78 is 5.43. The molecule has 0 aliphatic carbocycles. The molecule has 0 bridgehead atoms. The monoisotopic (exact) mass is 328 g/mol. The predicted octanol–water partition coefficient (Wildman–Crippen LogP) is 1.72. The third kappa shape index (κ3) is 4.04. The second kappa shape index (κ2) is 6.88. The second-order valence-electron chi connectivity index (χ2n) is 4.44. The first kappa shape index (κ1) is 15.0. The zero-order chi connectivity index (χ0) is 16.1. The Bertz CT molecular complexity index is 794. The van der Waals surface area contributed by atoms with Crippen molar-refractivity contribution in [2.24, 2.45) is 0 Å². The lowest BCUT2D eigenvalue weighted by Crippen LogP contribution is -2.20. The van der Waals surface area contributed by atoms with Crippen LogP contribution in [0.1, 0.15) is 5.69 Å². The van der Waals surface area contributed by atoms with Crippen LogP contribution in [0.5, 0.6) is 5.88 Å². The van der Waals surface area contributed by atoms with E-state index in [1.165, 1.54) is 11.3 Å². The molecule has 8 nitrogen and oxygen atoms in total. The van der Waals surface area contributed by atoms with Crippen LogP contribution in [0.2, 0.25) is 0 Å².